The van der Waals surface area contributed by atoms with Crippen LogP contribution in [0.3, 0.4) is 0 Å². The van der Waals surface area contributed by atoms with Gasteiger partial charge in [-0.2, -0.15) is 0 Å². The number of furan rings is 1. The molecule has 22 heavy (non-hydrogen) atoms. The van der Waals surface area contributed by atoms with Gasteiger partial charge in [0.2, 0.25) is 0 Å². The maximum Gasteiger partial charge on any atom is 0.191 e. The standard InChI is InChI=1S/C17H29N3O.HI/c1-17(2,14-7-4-5-8-14)13-20-16(18-3)19-11-10-15-9-6-12-21-15;/h6,9,12,14H,4-5,7-8,10-11,13H2,1-3H3,(H2,18,19,20);1H. The van der Waals surface area contributed by atoms with E-state index in [0.29, 0.717) is 5.41 Å². The number of nitrogens with zero attached hydrogens (tertiary/aromatic N) is 1. The summed E-state index contributed by atoms with van der Waals surface area (Å²) in [4.78, 5) is 4.30. The van der Waals surface area contributed by atoms with E-state index in [9.17, 15) is 0 Å². The fourth-order valence-corrected chi connectivity index (χ4v) is 3.14. The lowest BCUT2D eigenvalue weighted by Crippen LogP contribution is -2.44. The first-order chi connectivity index (χ1) is 10.1. The van der Waals surface area contributed by atoms with Crippen LogP contribution in [0.4, 0.5) is 0 Å². The van der Waals surface area contributed by atoms with Crippen molar-refractivity contribution in [3.05, 3.63) is 24.2 Å². The molecular weight excluding hydrogens is 389 g/mol. The molecule has 0 aromatic carbocycles. The van der Waals surface area contributed by atoms with Crippen LogP contribution in [-0.4, -0.2) is 26.1 Å². The van der Waals surface area contributed by atoms with Crippen LogP contribution in [0.15, 0.2) is 27.8 Å². The first-order valence-electron chi connectivity index (χ1n) is 8.09. The Kier molecular flexibility index (Phi) is 8.28. The highest BCUT2D eigenvalue weighted by Crippen LogP contribution is 2.38. The molecular formula is C17H30IN3O. The third kappa shape index (κ3) is 5.82. The summed E-state index contributed by atoms with van der Waals surface area (Å²) in [5, 5.41) is 6.82. The van der Waals surface area contributed by atoms with E-state index in [1.165, 1.54) is 25.7 Å². The summed E-state index contributed by atoms with van der Waals surface area (Å²) < 4.78 is 5.33. The van der Waals surface area contributed by atoms with Crippen LogP contribution in [0.5, 0.6) is 0 Å². The van der Waals surface area contributed by atoms with E-state index in [4.69, 9.17) is 4.42 Å². The highest BCUT2D eigenvalue weighted by atomic mass is 127. The predicted octanol–water partition coefficient (Wildman–Crippen LogP) is 3.82. The van der Waals surface area contributed by atoms with Crippen molar-refractivity contribution in [3.63, 3.8) is 0 Å². The number of guanidine groups is 1. The third-order valence-electron chi connectivity index (χ3n) is 4.64. The molecule has 0 bridgehead atoms. The molecule has 0 aliphatic heterocycles. The summed E-state index contributed by atoms with van der Waals surface area (Å²) in [5.74, 6) is 2.73. The minimum absolute atomic E-state index is 0. The van der Waals surface area contributed by atoms with E-state index in [1.807, 2.05) is 19.2 Å². The minimum Gasteiger partial charge on any atom is -0.469 e. The van der Waals surface area contributed by atoms with E-state index < -0.39 is 0 Å². The Morgan fingerprint density at radius 1 is 1.32 bits per heavy atom. The van der Waals surface area contributed by atoms with Gasteiger partial charge in [0.1, 0.15) is 5.76 Å². The van der Waals surface area contributed by atoms with Crippen molar-refractivity contribution in [2.24, 2.45) is 16.3 Å². The van der Waals surface area contributed by atoms with Crippen molar-refractivity contribution < 1.29 is 4.42 Å². The quantitative estimate of drug-likeness (QED) is 0.419. The molecule has 4 nitrogen and oxygen atoms in total. The molecule has 0 spiro atoms. The number of halogens is 1. The summed E-state index contributed by atoms with van der Waals surface area (Å²) in [6.45, 7) is 6.54. The van der Waals surface area contributed by atoms with Gasteiger partial charge in [0.15, 0.2) is 5.96 Å². The maximum absolute atomic E-state index is 5.33. The van der Waals surface area contributed by atoms with Gasteiger partial charge in [-0.25, -0.2) is 0 Å². The van der Waals surface area contributed by atoms with Crippen LogP contribution in [0.2, 0.25) is 0 Å². The first kappa shape index (κ1) is 19.3. The highest BCUT2D eigenvalue weighted by molar-refractivity contribution is 14.0. The fourth-order valence-electron chi connectivity index (χ4n) is 3.14. The number of hydrogen-bond donors (Lipinski definition) is 2. The Bertz CT molecular complexity index is 437. The summed E-state index contributed by atoms with van der Waals surface area (Å²) >= 11 is 0. The molecule has 1 aromatic heterocycles. The van der Waals surface area contributed by atoms with Gasteiger partial charge in [-0.1, -0.05) is 26.7 Å². The van der Waals surface area contributed by atoms with E-state index in [0.717, 1.165) is 37.1 Å². The van der Waals surface area contributed by atoms with Gasteiger partial charge in [0.05, 0.1) is 6.26 Å². The molecule has 1 heterocycles. The van der Waals surface area contributed by atoms with Gasteiger partial charge in [-0.05, 0) is 36.3 Å². The Labute approximate surface area is 151 Å². The molecule has 0 atom stereocenters. The molecule has 126 valence electrons. The lowest BCUT2D eigenvalue weighted by molar-refractivity contribution is 0.218. The summed E-state index contributed by atoms with van der Waals surface area (Å²) in [6, 6.07) is 3.92. The Morgan fingerprint density at radius 3 is 2.64 bits per heavy atom. The maximum atomic E-state index is 5.33. The molecule has 5 heteroatoms. The smallest absolute Gasteiger partial charge is 0.191 e. The van der Waals surface area contributed by atoms with E-state index >= 15 is 0 Å². The average Bonchev–Trinajstić information content (AvgIpc) is 3.15. The average molecular weight is 419 g/mol. The van der Waals surface area contributed by atoms with Crippen LogP contribution in [0.1, 0.15) is 45.3 Å². The number of nitrogens with one attached hydrogen (secondary N) is 2. The van der Waals surface area contributed by atoms with Crippen LogP contribution in [-0.2, 0) is 6.42 Å². The normalized spacial score (nSPS) is 16.4. The second-order valence-electron chi connectivity index (χ2n) is 6.65. The van der Waals surface area contributed by atoms with Crippen LogP contribution in [0.25, 0.3) is 0 Å². The van der Waals surface area contributed by atoms with Gasteiger partial charge in [0, 0.05) is 26.6 Å². The van der Waals surface area contributed by atoms with Gasteiger partial charge in [0.25, 0.3) is 0 Å². The zero-order valence-corrected chi connectivity index (χ0v) is 16.4. The molecule has 1 saturated carbocycles. The second-order valence-corrected chi connectivity index (χ2v) is 6.65. The molecule has 0 amide bonds. The van der Waals surface area contributed by atoms with Crippen molar-refractivity contribution in [3.8, 4) is 0 Å². The van der Waals surface area contributed by atoms with Gasteiger partial charge >= 0.3 is 0 Å². The van der Waals surface area contributed by atoms with Crippen molar-refractivity contribution in [2.45, 2.75) is 46.0 Å². The summed E-state index contributed by atoms with van der Waals surface area (Å²) in [6.07, 6.45) is 8.12. The van der Waals surface area contributed by atoms with E-state index in [-0.39, 0.29) is 24.0 Å². The van der Waals surface area contributed by atoms with Crippen molar-refractivity contribution in [2.75, 3.05) is 20.1 Å². The van der Waals surface area contributed by atoms with Crippen LogP contribution >= 0.6 is 24.0 Å². The minimum atomic E-state index is 0. The Hall–Kier alpha value is -0.720. The first-order valence-corrected chi connectivity index (χ1v) is 8.09. The molecule has 1 fully saturated rings. The van der Waals surface area contributed by atoms with Gasteiger partial charge in [-0.3, -0.25) is 4.99 Å². The summed E-state index contributed by atoms with van der Waals surface area (Å²) in [7, 11) is 1.82. The third-order valence-corrected chi connectivity index (χ3v) is 4.64. The number of aliphatic imine (C=N–C) groups is 1. The zero-order valence-electron chi connectivity index (χ0n) is 14.0. The molecule has 2 rings (SSSR count). The van der Waals surface area contributed by atoms with Crippen LogP contribution < -0.4 is 10.6 Å². The van der Waals surface area contributed by atoms with Gasteiger partial charge in [-0.15, -0.1) is 24.0 Å². The largest absolute Gasteiger partial charge is 0.469 e. The summed E-state index contributed by atoms with van der Waals surface area (Å²) in [5.41, 5.74) is 0.329. The number of rotatable bonds is 6. The molecule has 1 aromatic rings. The lowest BCUT2D eigenvalue weighted by atomic mass is 9.78. The van der Waals surface area contributed by atoms with Crippen LogP contribution in [0, 0.1) is 11.3 Å². The number of hydrogen-bond acceptors (Lipinski definition) is 2. The molecule has 1 aliphatic carbocycles. The molecule has 0 saturated heterocycles. The second kappa shape index (κ2) is 9.43. The Morgan fingerprint density at radius 2 is 2.05 bits per heavy atom. The fraction of sp³-hybridized carbons (Fsp3) is 0.706. The monoisotopic (exact) mass is 419 g/mol. The predicted molar refractivity (Wildman–Crippen MR) is 103 cm³/mol. The lowest BCUT2D eigenvalue weighted by Gasteiger charge is -2.32. The molecule has 0 unspecified atom stereocenters. The molecule has 1 aliphatic rings. The van der Waals surface area contributed by atoms with Gasteiger partial charge < -0.3 is 15.1 Å². The highest BCUT2D eigenvalue weighted by Gasteiger charge is 2.31. The SMILES string of the molecule is CN=C(NCCc1ccco1)NCC(C)(C)C1CCCC1.I. The van der Waals surface area contributed by atoms with Crippen molar-refractivity contribution >= 4 is 29.9 Å². The zero-order chi connectivity index (χ0) is 15.1. The topological polar surface area (TPSA) is 49.6 Å². The van der Waals surface area contributed by atoms with Crippen molar-refractivity contribution in [1.29, 1.82) is 0 Å². The van der Waals surface area contributed by atoms with Crippen molar-refractivity contribution in [1.82, 2.24) is 10.6 Å². The van der Waals surface area contributed by atoms with E-state index in [1.54, 1.807) is 6.26 Å². The van der Waals surface area contributed by atoms with E-state index in [2.05, 4.69) is 29.5 Å². The molecule has 0 radical (unpaired) electrons. The molecule has 2 N–H and O–H groups in total. The Balaban J connectivity index is 0.00000242.